The van der Waals surface area contributed by atoms with E-state index in [9.17, 15) is 0 Å². The van der Waals surface area contributed by atoms with Crippen molar-refractivity contribution in [2.45, 2.75) is 13.5 Å². The number of nitrogens with zero attached hydrogens (tertiary/aromatic N) is 2. The fraction of sp³-hybridized carbons (Fsp3) is 0.467. The Morgan fingerprint density at radius 1 is 1.11 bits per heavy atom. The lowest BCUT2D eigenvalue weighted by atomic mass is 10.1. The lowest BCUT2D eigenvalue weighted by molar-refractivity contribution is 0.137. The number of halogens is 1. The Hall–Kier alpha value is -0.830. The van der Waals surface area contributed by atoms with E-state index in [1.807, 2.05) is 6.08 Å². The minimum absolute atomic E-state index is 0.974. The standard InChI is InChI=1S/C15H21ClN2/c1-14-5-2-3-6-15(14)13-18-11-9-17(10-12-18)8-4-7-16/h2-7H,8-13H2,1H3. The number of hydrogen-bond donors (Lipinski definition) is 0. The lowest BCUT2D eigenvalue weighted by Gasteiger charge is -2.34. The third-order valence-corrected chi connectivity index (χ3v) is 3.75. The monoisotopic (exact) mass is 264 g/mol. The molecule has 0 atom stereocenters. The van der Waals surface area contributed by atoms with E-state index in [0.717, 1.165) is 39.3 Å². The van der Waals surface area contributed by atoms with Gasteiger partial charge in [0.15, 0.2) is 0 Å². The van der Waals surface area contributed by atoms with Gasteiger partial charge in [-0.15, -0.1) is 0 Å². The van der Waals surface area contributed by atoms with Crippen LogP contribution in [-0.4, -0.2) is 42.5 Å². The highest BCUT2D eigenvalue weighted by Crippen LogP contribution is 2.12. The molecule has 0 N–H and O–H groups in total. The summed E-state index contributed by atoms with van der Waals surface area (Å²) in [6.07, 6.45) is 2.01. The molecule has 3 heteroatoms. The van der Waals surface area contributed by atoms with Crippen LogP contribution in [0.1, 0.15) is 11.1 Å². The molecule has 0 bridgehead atoms. The van der Waals surface area contributed by atoms with Crippen molar-refractivity contribution in [3.05, 3.63) is 47.0 Å². The van der Waals surface area contributed by atoms with Crippen LogP contribution >= 0.6 is 11.6 Å². The van der Waals surface area contributed by atoms with Crippen LogP contribution in [0.3, 0.4) is 0 Å². The van der Waals surface area contributed by atoms with E-state index in [4.69, 9.17) is 11.6 Å². The largest absolute Gasteiger partial charge is 0.297 e. The molecule has 1 heterocycles. The van der Waals surface area contributed by atoms with E-state index in [-0.39, 0.29) is 0 Å². The van der Waals surface area contributed by atoms with Crippen LogP contribution in [0.2, 0.25) is 0 Å². The van der Waals surface area contributed by atoms with Crippen molar-refractivity contribution in [2.75, 3.05) is 32.7 Å². The molecule has 0 aliphatic carbocycles. The van der Waals surface area contributed by atoms with Gasteiger partial charge in [0.2, 0.25) is 0 Å². The van der Waals surface area contributed by atoms with Crippen molar-refractivity contribution in [2.24, 2.45) is 0 Å². The molecule has 1 aromatic carbocycles. The Morgan fingerprint density at radius 3 is 2.44 bits per heavy atom. The smallest absolute Gasteiger partial charge is 0.0237 e. The summed E-state index contributed by atoms with van der Waals surface area (Å²) in [5.74, 6) is 0. The first-order chi connectivity index (χ1) is 8.79. The van der Waals surface area contributed by atoms with Crippen LogP contribution in [0.4, 0.5) is 0 Å². The first-order valence-electron chi connectivity index (χ1n) is 6.54. The Kier molecular flexibility index (Phi) is 5.24. The molecule has 2 rings (SSSR count). The summed E-state index contributed by atoms with van der Waals surface area (Å²) in [6.45, 7) is 8.79. The predicted molar refractivity (Wildman–Crippen MR) is 77.9 cm³/mol. The summed E-state index contributed by atoms with van der Waals surface area (Å²) in [5.41, 5.74) is 4.45. The second-order valence-electron chi connectivity index (χ2n) is 4.86. The summed E-state index contributed by atoms with van der Waals surface area (Å²) in [7, 11) is 0. The van der Waals surface area contributed by atoms with Gasteiger partial charge in [-0.3, -0.25) is 9.80 Å². The quantitative estimate of drug-likeness (QED) is 0.825. The van der Waals surface area contributed by atoms with Gasteiger partial charge in [0, 0.05) is 44.8 Å². The third kappa shape index (κ3) is 3.84. The van der Waals surface area contributed by atoms with E-state index in [0.29, 0.717) is 0 Å². The van der Waals surface area contributed by atoms with Crippen molar-refractivity contribution in [3.8, 4) is 0 Å². The topological polar surface area (TPSA) is 6.48 Å². The average Bonchev–Trinajstić information content (AvgIpc) is 2.41. The zero-order chi connectivity index (χ0) is 12.8. The Bertz CT molecular complexity index is 395. The molecule has 2 nitrogen and oxygen atoms in total. The zero-order valence-corrected chi connectivity index (χ0v) is 11.7. The number of rotatable bonds is 4. The number of hydrogen-bond acceptors (Lipinski definition) is 2. The number of benzene rings is 1. The van der Waals surface area contributed by atoms with Crippen LogP contribution in [0.5, 0.6) is 0 Å². The molecule has 98 valence electrons. The Labute approximate surface area is 115 Å². The maximum Gasteiger partial charge on any atom is 0.0237 e. The second-order valence-corrected chi connectivity index (χ2v) is 5.12. The maximum absolute atomic E-state index is 5.56. The maximum atomic E-state index is 5.56. The molecule has 1 saturated heterocycles. The van der Waals surface area contributed by atoms with Crippen LogP contribution < -0.4 is 0 Å². The van der Waals surface area contributed by atoms with Crippen molar-refractivity contribution < 1.29 is 0 Å². The molecule has 1 fully saturated rings. The van der Waals surface area contributed by atoms with E-state index in [2.05, 4.69) is 41.0 Å². The third-order valence-electron chi connectivity index (χ3n) is 3.57. The molecular formula is C15H21ClN2. The highest BCUT2D eigenvalue weighted by atomic mass is 35.5. The molecular weight excluding hydrogens is 244 g/mol. The predicted octanol–water partition coefficient (Wildman–Crippen LogP) is 2.87. The van der Waals surface area contributed by atoms with Crippen LogP contribution in [0.25, 0.3) is 0 Å². The van der Waals surface area contributed by atoms with Crippen molar-refractivity contribution in [1.82, 2.24) is 9.80 Å². The van der Waals surface area contributed by atoms with Gasteiger partial charge < -0.3 is 0 Å². The van der Waals surface area contributed by atoms with E-state index >= 15 is 0 Å². The first kappa shape index (κ1) is 13.6. The summed E-state index contributed by atoms with van der Waals surface area (Å²) in [5, 5.41) is 0. The molecule has 1 aliphatic rings. The lowest BCUT2D eigenvalue weighted by Crippen LogP contribution is -2.45. The summed E-state index contributed by atoms with van der Waals surface area (Å²) in [4.78, 5) is 4.97. The zero-order valence-electron chi connectivity index (χ0n) is 11.0. The Balaban J connectivity index is 1.82. The van der Waals surface area contributed by atoms with Gasteiger partial charge in [-0.25, -0.2) is 0 Å². The molecule has 1 aromatic rings. The van der Waals surface area contributed by atoms with Crippen LogP contribution in [-0.2, 0) is 6.54 Å². The van der Waals surface area contributed by atoms with Gasteiger partial charge in [0.25, 0.3) is 0 Å². The number of aryl methyl sites for hydroxylation is 1. The molecule has 18 heavy (non-hydrogen) atoms. The molecule has 0 spiro atoms. The minimum Gasteiger partial charge on any atom is -0.297 e. The van der Waals surface area contributed by atoms with Crippen LogP contribution in [0.15, 0.2) is 35.9 Å². The fourth-order valence-electron chi connectivity index (χ4n) is 2.35. The van der Waals surface area contributed by atoms with Crippen LogP contribution in [0, 0.1) is 6.92 Å². The molecule has 0 saturated carbocycles. The molecule has 0 unspecified atom stereocenters. The number of piperazine rings is 1. The normalized spacial score (nSPS) is 18.6. The Morgan fingerprint density at radius 2 is 1.78 bits per heavy atom. The summed E-state index contributed by atoms with van der Waals surface area (Å²) in [6, 6.07) is 8.66. The van der Waals surface area contributed by atoms with Gasteiger partial charge in [-0.1, -0.05) is 41.9 Å². The van der Waals surface area contributed by atoms with Gasteiger partial charge in [0.05, 0.1) is 0 Å². The second kappa shape index (κ2) is 6.93. The highest BCUT2D eigenvalue weighted by molar-refractivity contribution is 6.25. The average molecular weight is 265 g/mol. The SMILES string of the molecule is Cc1ccccc1CN1CCN(CC=CCl)CC1. The van der Waals surface area contributed by atoms with E-state index < -0.39 is 0 Å². The van der Waals surface area contributed by atoms with E-state index in [1.165, 1.54) is 11.1 Å². The molecule has 0 amide bonds. The van der Waals surface area contributed by atoms with Gasteiger partial charge >= 0.3 is 0 Å². The molecule has 0 aromatic heterocycles. The van der Waals surface area contributed by atoms with Crippen molar-refractivity contribution >= 4 is 11.6 Å². The highest BCUT2D eigenvalue weighted by Gasteiger charge is 2.16. The fourth-order valence-corrected chi connectivity index (χ4v) is 2.43. The molecule has 1 aliphatic heterocycles. The summed E-state index contributed by atoms with van der Waals surface area (Å²) < 4.78 is 0. The van der Waals surface area contributed by atoms with Gasteiger partial charge in [-0.05, 0) is 18.1 Å². The van der Waals surface area contributed by atoms with Crippen molar-refractivity contribution in [1.29, 1.82) is 0 Å². The molecule has 0 radical (unpaired) electrons. The first-order valence-corrected chi connectivity index (χ1v) is 6.97. The van der Waals surface area contributed by atoms with Gasteiger partial charge in [-0.2, -0.15) is 0 Å². The minimum atomic E-state index is 0.974. The van der Waals surface area contributed by atoms with Gasteiger partial charge in [0.1, 0.15) is 0 Å². The summed E-state index contributed by atoms with van der Waals surface area (Å²) >= 11 is 5.56. The van der Waals surface area contributed by atoms with Crippen molar-refractivity contribution in [3.63, 3.8) is 0 Å². The van der Waals surface area contributed by atoms with E-state index in [1.54, 1.807) is 5.54 Å².